The lowest BCUT2D eigenvalue weighted by atomic mass is 10.5. The average Bonchev–Trinajstić information content (AvgIpc) is 2.86. The molecular weight excluding hydrogens is 202 g/mol. The van der Waals surface area contributed by atoms with Crippen molar-refractivity contribution in [3.63, 3.8) is 0 Å². The molecule has 0 aliphatic rings. The lowest BCUT2D eigenvalue weighted by Gasteiger charge is -1.85. The van der Waals surface area contributed by atoms with Crippen LogP contribution in [0.15, 0.2) is 34.3 Å². The zero-order valence-electron chi connectivity index (χ0n) is 7.35. The first-order valence-corrected chi connectivity index (χ1v) is 3.89. The molecule has 0 N–H and O–H groups in total. The molecule has 15 heavy (non-hydrogen) atoms. The largest absolute Gasteiger partial charge is 0.433 e. The topological polar surface area (TPSA) is 99.3 Å². The minimum absolute atomic E-state index is 0.275. The van der Waals surface area contributed by atoms with Crippen LogP contribution in [-0.2, 0) is 0 Å². The van der Waals surface area contributed by atoms with Gasteiger partial charge in [0.15, 0.2) is 5.76 Å². The number of aromatic nitrogens is 3. The van der Waals surface area contributed by atoms with Crippen LogP contribution in [0.2, 0.25) is 0 Å². The quantitative estimate of drug-likeness (QED) is 0.418. The first-order valence-electron chi connectivity index (χ1n) is 3.89. The highest BCUT2D eigenvalue weighted by Crippen LogP contribution is 2.13. The van der Waals surface area contributed by atoms with Gasteiger partial charge in [-0.05, 0) is 6.07 Å². The smallest absolute Gasteiger partial charge is 0.400 e. The normalized spacial score (nSPS) is 10.9. The molecule has 0 unspecified atom stereocenters. The average molecular weight is 207 g/mol. The van der Waals surface area contributed by atoms with Gasteiger partial charge < -0.3 is 4.42 Å². The first-order chi connectivity index (χ1) is 7.25. The van der Waals surface area contributed by atoms with Crippen LogP contribution < -0.4 is 0 Å². The maximum Gasteiger partial charge on any atom is 0.433 e. The number of nitrogens with zero attached hydrogens (tertiary/aromatic N) is 5. The fraction of sp³-hybridized carbons (Fsp3) is 0. The second-order valence-electron chi connectivity index (χ2n) is 2.49. The van der Waals surface area contributed by atoms with E-state index in [-0.39, 0.29) is 11.6 Å². The Labute approximate surface area is 83.0 Å². The molecule has 0 aromatic carbocycles. The summed E-state index contributed by atoms with van der Waals surface area (Å²) < 4.78 is 4.83. The molecule has 2 aromatic rings. The molecule has 2 heterocycles. The maximum atomic E-state index is 10.3. The van der Waals surface area contributed by atoms with Crippen molar-refractivity contribution < 1.29 is 9.34 Å². The molecule has 8 nitrogen and oxygen atoms in total. The molecule has 8 heteroatoms. The van der Waals surface area contributed by atoms with Crippen LogP contribution in [0.3, 0.4) is 0 Å². The highest BCUT2D eigenvalue weighted by Gasteiger charge is 2.09. The van der Waals surface area contributed by atoms with Crippen LogP contribution in [0.1, 0.15) is 5.76 Å². The van der Waals surface area contributed by atoms with Crippen LogP contribution in [0.4, 0.5) is 5.88 Å². The Balaban J connectivity index is 2.14. The van der Waals surface area contributed by atoms with E-state index in [9.17, 15) is 10.1 Å². The van der Waals surface area contributed by atoms with Gasteiger partial charge in [0, 0.05) is 0 Å². The molecular formula is C7H5N5O3. The predicted molar refractivity (Wildman–Crippen MR) is 48.4 cm³/mol. The highest BCUT2D eigenvalue weighted by atomic mass is 16.6. The van der Waals surface area contributed by atoms with Crippen molar-refractivity contribution in [3.8, 4) is 0 Å². The standard InChI is InChI=1S/C7H5N5O3/c13-12(14)7-2-1-6(15-7)3-9-11-5-8-4-10-11/h1-5H. The zero-order chi connectivity index (χ0) is 10.7. The molecule has 0 saturated heterocycles. The van der Waals surface area contributed by atoms with Gasteiger partial charge in [0.1, 0.15) is 17.6 Å². The van der Waals surface area contributed by atoms with Crippen molar-refractivity contribution in [2.24, 2.45) is 5.10 Å². The molecule has 0 spiro atoms. The van der Waals surface area contributed by atoms with Crippen LogP contribution in [-0.4, -0.2) is 26.0 Å². The van der Waals surface area contributed by atoms with Crippen molar-refractivity contribution in [1.82, 2.24) is 14.9 Å². The van der Waals surface area contributed by atoms with E-state index in [1.165, 1.54) is 35.8 Å². The van der Waals surface area contributed by atoms with Crippen molar-refractivity contribution in [3.05, 3.63) is 40.7 Å². The molecule has 0 atom stereocenters. The van der Waals surface area contributed by atoms with E-state index in [1.54, 1.807) is 0 Å². The number of rotatable bonds is 3. The van der Waals surface area contributed by atoms with E-state index in [4.69, 9.17) is 4.42 Å². The number of nitro groups is 1. The fourth-order valence-corrected chi connectivity index (χ4v) is 0.887. The predicted octanol–water partition coefficient (Wildman–Crippen LogP) is 0.661. The molecule has 2 rings (SSSR count). The summed E-state index contributed by atoms with van der Waals surface area (Å²) >= 11 is 0. The summed E-state index contributed by atoms with van der Waals surface area (Å²) in [5, 5.41) is 17.8. The van der Waals surface area contributed by atoms with Crippen molar-refractivity contribution >= 4 is 12.1 Å². The van der Waals surface area contributed by atoms with Crippen LogP contribution in [0.5, 0.6) is 0 Å². The molecule has 0 radical (unpaired) electrons. The molecule has 0 aliphatic carbocycles. The Hall–Kier alpha value is -2.51. The third kappa shape index (κ3) is 2.05. The highest BCUT2D eigenvalue weighted by molar-refractivity contribution is 5.76. The summed E-state index contributed by atoms with van der Waals surface area (Å²) in [6.07, 6.45) is 4.01. The van der Waals surface area contributed by atoms with Crippen molar-refractivity contribution in [2.75, 3.05) is 0 Å². The minimum atomic E-state index is -0.618. The number of hydrogen-bond donors (Lipinski definition) is 0. The van der Waals surface area contributed by atoms with Gasteiger partial charge in [-0.15, -0.1) is 9.89 Å². The molecule has 0 saturated carbocycles. The summed E-state index contributed by atoms with van der Waals surface area (Å²) in [5.41, 5.74) is 0. The third-order valence-corrected chi connectivity index (χ3v) is 1.50. The molecule has 0 fully saturated rings. The third-order valence-electron chi connectivity index (χ3n) is 1.50. The number of hydrogen-bond acceptors (Lipinski definition) is 6. The Bertz CT molecular complexity index is 486. The van der Waals surface area contributed by atoms with E-state index in [2.05, 4.69) is 15.2 Å². The Morgan fingerprint density at radius 3 is 3.07 bits per heavy atom. The van der Waals surface area contributed by atoms with Gasteiger partial charge in [-0.25, -0.2) is 4.98 Å². The summed E-state index contributed by atoms with van der Waals surface area (Å²) in [6.45, 7) is 0. The van der Waals surface area contributed by atoms with Crippen LogP contribution in [0.25, 0.3) is 0 Å². The summed E-state index contributed by atoms with van der Waals surface area (Å²) in [6, 6.07) is 2.70. The summed E-state index contributed by atoms with van der Waals surface area (Å²) in [5.74, 6) is -0.0489. The monoisotopic (exact) mass is 207 g/mol. The van der Waals surface area contributed by atoms with Crippen LogP contribution in [0, 0.1) is 10.1 Å². The van der Waals surface area contributed by atoms with Gasteiger partial charge in [-0.3, -0.25) is 10.1 Å². The van der Waals surface area contributed by atoms with Crippen LogP contribution >= 0.6 is 0 Å². The van der Waals surface area contributed by atoms with Crippen molar-refractivity contribution in [2.45, 2.75) is 0 Å². The van der Waals surface area contributed by atoms with Crippen molar-refractivity contribution in [1.29, 1.82) is 0 Å². The van der Waals surface area contributed by atoms with Gasteiger partial charge in [0.2, 0.25) is 0 Å². The molecule has 0 aliphatic heterocycles. The second kappa shape index (κ2) is 3.70. The number of furan rings is 1. The van der Waals surface area contributed by atoms with E-state index in [0.29, 0.717) is 0 Å². The Morgan fingerprint density at radius 2 is 2.47 bits per heavy atom. The van der Waals surface area contributed by atoms with Gasteiger partial charge in [-0.2, -0.15) is 5.10 Å². The molecule has 76 valence electrons. The van der Waals surface area contributed by atoms with E-state index in [1.807, 2.05) is 0 Å². The van der Waals surface area contributed by atoms with Gasteiger partial charge >= 0.3 is 5.88 Å². The lowest BCUT2D eigenvalue weighted by molar-refractivity contribution is -0.402. The fourth-order valence-electron chi connectivity index (χ4n) is 0.887. The first kappa shape index (κ1) is 9.06. The Kier molecular flexibility index (Phi) is 2.23. The Morgan fingerprint density at radius 1 is 1.60 bits per heavy atom. The summed E-state index contributed by atoms with van der Waals surface area (Å²) in [7, 11) is 0. The SMILES string of the molecule is O=[N+]([O-])c1ccc(C=Nn2cncn2)o1. The minimum Gasteiger partial charge on any atom is -0.400 e. The zero-order valence-corrected chi connectivity index (χ0v) is 7.35. The van der Waals surface area contributed by atoms with E-state index < -0.39 is 4.92 Å². The second-order valence-corrected chi connectivity index (χ2v) is 2.49. The molecule has 2 aromatic heterocycles. The van der Waals surface area contributed by atoms with Gasteiger partial charge in [-0.1, -0.05) is 0 Å². The van der Waals surface area contributed by atoms with Gasteiger partial charge in [0.05, 0.1) is 12.3 Å². The van der Waals surface area contributed by atoms with E-state index in [0.717, 1.165) is 0 Å². The molecule has 0 amide bonds. The maximum absolute atomic E-state index is 10.3. The van der Waals surface area contributed by atoms with E-state index >= 15 is 0 Å². The molecule has 0 bridgehead atoms. The lowest BCUT2D eigenvalue weighted by Crippen LogP contribution is -1.89. The van der Waals surface area contributed by atoms with Gasteiger partial charge in [0.25, 0.3) is 0 Å². The summed E-state index contributed by atoms with van der Waals surface area (Å²) in [4.78, 5) is 14.5.